The van der Waals surface area contributed by atoms with Crippen LogP contribution in [0.15, 0.2) is 30.5 Å². The van der Waals surface area contributed by atoms with Gasteiger partial charge in [0.25, 0.3) is 0 Å². The van der Waals surface area contributed by atoms with Gasteiger partial charge in [-0.25, -0.2) is 0 Å². The van der Waals surface area contributed by atoms with Gasteiger partial charge in [0.15, 0.2) is 5.65 Å². The minimum Gasteiger partial charge on any atom is -0.326 e. The standard InChI is InChI=1S/C21H25ClN6O/c1-13-3-4-16(18(22)9-13)17-12-28-19(10-15(17)11-23)25-26-21(28)24-20(29)14-5-7-27(2)8-6-14/h3-4,9-10,12,14H,5-8,11,23H2,1-2H3,(H,24,26,29). The molecule has 3 N–H and O–H groups in total. The number of nitrogens with one attached hydrogen (secondary N) is 1. The van der Waals surface area contributed by atoms with Gasteiger partial charge in [0.2, 0.25) is 11.9 Å². The van der Waals surface area contributed by atoms with Crippen LogP contribution in [0.5, 0.6) is 0 Å². The Hall–Kier alpha value is -2.48. The molecule has 7 nitrogen and oxygen atoms in total. The molecular formula is C21H25ClN6O. The van der Waals surface area contributed by atoms with Crippen molar-refractivity contribution in [1.29, 1.82) is 0 Å². The van der Waals surface area contributed by atoms with Crippen LogP contribution in [0.2, 0.25) is 5.02 Å². The number of halogens is 1. The lowest BCUT2D eigenvalue weighted by molar-refractivity contribution is -0.121. The van der Waals surface area contributed by atoms with Crippen molar-refractivity contribution in [2.75, 3.05) is 25.5 Å². The summed E-state index contributed by atoms with van der Waals surface area (Å²) in [4.78, 5) is 15.0. The van der Waals surface area contributed by atoms with E-state index in [1.165, 1.54) is 0 Å². The van der Waals surface area contributed by atoms with Crippen molar-refractivity contribution in [3.8, 4) is 11.1 Å². The first-order valence-electron chi connectivity index (χ1n) is 9.80. The number of nitrogens with zero attached hydrogens (tertiary/aromatic N) is 4. The van der Waals surface area contributed by atoms with E-state index in [4.69, 9.17) is 17.3 Å². The topological polar surface area (TPSA) is 88.5 Å². The molecule has 2 aromatic heterocycles. The first-order chi connectivity index (χ1) is 14.0. The third-order valence-electron chi connectivity index (χ3n) is 5.59. The molecule has 1 aromatic carbocycles. The lowest BCUT2D eigenvalue weighted by atomic mass is 9.96. The quantitative estimate of drug-likeness (QED) is 0.687. The van der Waals surface area contributed by atoms with Crippen LogP contribution in [0.1, 0.15) is 24.0 Å². The number of anilines is 1. The molecule has 0 unspecified atom stereocenters. The highest BCUT2D eigenvalue weighted by Gasteiger charge is 2.24. The third-order valence-corrected chi connectivity index (χ3v) is 5.90. The predicted octanol–water partition coefficient (Wildman–Crippen LogP) is 3.10. The molecule has 152 valence electrons. The maximum Gasteiger partial charge on any atom is 0.235 e. The molecule has 0 saturated carbocycles. The highest BCUT2D eigenvalue weighted by molar-refractivity contribution is 6.33. The Kier molecular flexibility index (Phi) is 5.54. The van der Waals surface area contributed by atoms with Crippen molar-refractivity contribution in [3.63, 3.8) is 0 Å². The summed E-state index contributed by atoms with van der Waals surface area (Å²) in [7, 11) is 2.08. The van der Waals surface area contributed by atoms with Gasteiger partial charge in [0, 0.05) is 34.8 Å². The van der Waals surface area contributed by atoms with Crippen molar-refractivity contribution in [3.05, 3.63) is 46.6 Å². The van der Waals surface area contributed by atoms with Gasteiger partial charge in [-0.3, -0.25) is 14.5 Å². The van der Waals surface area contributed by atoms with E-state index in [0.29, 0.717) is 23.2 Å². The molecule has 3 heterocycles. The van der Waals surface area contributed by atoms with Gasteiger partial charge in [-0.2, -0.15) is 0 Å². The summed E-state index contributed by atoms with van der Waals surface area (Å²) >= 11 is 6.50. The Bertz CT molecular complexity index is 1050. The average Bonchev–Trinajstić information content (AvgIpc) is 3.09. The summed E-state index contributed by atoms with van der Waals surface area (Å²) in [6, 6.07) is 7.82. The molecule has 1 amide bonds. The number of carbonyl (C=O) groups is 1. The number of piperidine rings is 1. The Balaban J connectivity index is 1.69. The second-order valence-electron chi connectivity index (χ2n) is 7.72. The highest BCUT2D eigenvalue weighted by atomic mass is 35.5. The van der Waals surface area contributed by atoms with Crippen LogP contribution >= 0.6 is 11.6 Å². The van der Waals surface area contributed by atoms with Crippen LogP contribution in [-0.4, -0.2) is 45.5 Å². The summed E-state index contributed by atoms with van der Waals surface area (Å²) in [6.07, 6.45) is 3.60. The predicted molar refractivity (Wildman–Crippen MR) is 115 cm³/mol. The van der Waals surface area contributed by atoms with Gasteiger partial charge in [0.05, 0.1) is 0 Å². The van der Waals surface area contributed by atoms with Crippen molar-refractivity contribution in [2.24, 2.45) is 11.7 Å². The normalized spacial score (nSPS) is 15.7. The van der Waals surface area contributed by atoms with Crippen LogP contribution in [-0.2, 0) is 11.3 Å². The smallest absolute Gasteiger partial charge is 0.235 e. The van der Waals surface area contributed by atoms with E-state index < -0.39 is 0 Å². The molecule has 4 rings (SSSR count). The number of benzene rings is 1. The number of rotatable bonds is 4. The number of likely N-dealkylation sites (tertiary alicyclic amines) is 1. The number of hydrogen-bond acceptors (Lipinski definition) is 5. The summed E-state index contributed by atoms with van der Waals surface area (Å²) in [5.41, 5.74) is 10.4. The van der Waals surface area contributed by atoms with Gasteiger partial charge in [-0.05, 0) is 63.2 Å². The largest absolute Gasteiger partial charge is 0.326 e. The summed E-state index contributed by atoms with van der Waals surface area (Å²) in [5, 5.41) is 12.0. The number of carbonyl (C=O) groups excluding carboxylic acids is 1. The first kappa shape index (κ1) is 19.8. The molecule has 0 atom stereocenters. The molecule has 0 spiro atoms. The van der Waals surface area contributed by atoms with Crippen molar-refractivity contribution < 1.29 is 4.79 Å². The number of nitrogens with two attached hydrogens (primary N) is 1. The highest BCUT2D eigenvalue weighted by Crippen LogP contribution is 2.32. The SMILES string of the molecule is Cc1ccc(-c2cn3c(NC(=O)C4CCN(C)CC4)nnc3cc2CN)c(Cl)c1. The minimum absolute atomic E-state index is 0.00659. The van der Waals surface area contributed by atoms with Gasteiger partial charge in [-0.1, -0.05) is 23.7 Å². The van der Waals surface area contributed by atoms with Crippen LogP contribution < -0.4 is 11.1 Å². The van der Waals surface area contributed by atoms with Crippen LogP contribution in [0, 0.1) is 12.8 Å². The first-order valence-corrected chi connectivity index (χ1v) is 10.2. The maximum atomic E-state index is 12.7. The minimum atomic E-state index is -0.00906. The van der Waals surface area contributed by atoms with Crippen molar-refractivity contribution in [1.82, 2.24) is 19.5 Å². The molecule has 1 saturated heterocycles. The van der Waals surface area contributed by atoms with E-state index in [-0.39, 0.29) is 11.8 Å². The van der Waals surface area contributed by atoms with Gasteiger partial charge in [-0.15, -0.1) is 10.2 Å². The fraction of sp³-hybridized carbons (Fsp3) is 0.381. The van der Waals surface area contributed by atoms with Crippen molar-refractivity contribution >= 4 is 29.1 Å². The Labute approximate surface area is 174 Å². The molecule has 1 fully saturated rings. The number of hydrogen-bond donors (Lipinski definition) is 2. The molecule has 1 aliphatic heterocycles. The zero-order valence-corrected chi connectivity index (χ0v) is 17.4. The molecule has 0 radical (unpaired) electrons. The second-order valence-corrected chi connectivity index (χ2v) is 8.13. The number of fused-ring (bicyclic) bond motifs is 1. The molecule has 29 heavy (non-hydrogen) atoms. The van der Waals surface area contributed by atoms with Crippen LogP contribution in [0.4, 0.5) is 5.95 Å². The summed E-state index contributed by atoms with van der Waals surface area (Å²) < 4.78 is 1.79. The summed E-state index contributed by atoms with van der Waals surface area (Å²) in [5.74, 6) is 0.398. The van der Waals surface area contributed by atoms with Crippen LogP contribution in [0.3, 0.4) is 0 Å². The molecule has 0 aliphatic carbocycles. The molecule has 0 bridgehead atoms. The Morgan fingerprint density at radius 1 is 1.24 bits per heavy atom. The fourth-order valence-electron chi connectivity index (χ4n) is 3.79. The molecular weight excluding hydrogens is 388 g/mol. The van der Waals surface area contributed by atoms with Gasteiger partial charge < -0.3 is 10.6 Å². The average molecular weight is 413 g/mol. The zero-order chi connectivity index (χ0) is 20.5. The molecule has 3 aromatic rings. The monoisotopic (exact) mass is 412 g/mol. The number of aromatic nitrogens is 3. The Morgan fingerprint density at radius 3 is 2.69 bits per heavy atom. The second kappa shape index (κ2) is 8.10. The Morgan fingerprint density at radius 2 is 2.00 bits per heavy atom. The lowest BCUT2D eigenvalue weighted by Crippen LogP contribution is -2.36. The van der Waals surface area contributed by atoms with E-state index in [1.807, 2.05) is 37.4 Å². The number of amides is 1. The maximum absolute atomic E-state index is 12.7. The van der Waals surface area contributed by atoms with E-state index in [1.54, 1.807) is 4.40 Å². The zero-order valence-electron chi connectivity index (χ0n) is 16.7. The van der Waals surface area contributed by atoms with Gasteiger partial charge in [0.1, 0.15) is 0 Å². The van der Waals surface area contributed by atoms with Gasteiger partial charge >= 0.3 is 0 Å². The summed E-state index contributed by atoms with van der Waals surface area (Å²) in [6.45, 7) is 4.20. The van der Waals surface area contributed by atoms with Crippen molar-refractivity contribution in [2.45, 2.75) is 26.3 Å². The van der Waals surface area contributed by atoms with E-state index in [0.717, 1.165) is 48.2 Å². The number of aryl methyl sites for hydroxylation is 1. The molecule has 8 heteroatoms. The van der Waals surface area contributed by atoms with E-state index in [2.05, 4.69) is 27.5 Å². The lowest BCUT2D eigenvalue weighted by Gasteiger charge is -2.27. The number of pyridine rings is 1. The van der Waals surface area contributed by atoms with E-state index in [9.17, 15) is 4.79 Å². The third kappa shape index (κ3) is 3.99. The molecule has 1 aliphatic rings. The van der Waals surface area contributed by atoms with Crippen LogP contribution in [0.25, 0.3) is 16.8 Å². The fourth-order valence-corrected chi connectivity index (χ4v) is 4.13. The van der Waals surface area contributed by atoms with E-state index >= 15 is 0 Å².